The highest BCUT2D eigenvalue weighted by atomic mass is 32.2. The topological polar surface area (TPSA) is 44.3 Å². The van der Waals surface area contributed by atoms with Crippen LogP contribution in [0.5, 0.6) is 0 Å². The van der Waals surface area contributed by atoms with Gasteiger partial charge in [0.2, 0.25) is 0 Å². The summed E-state index contributed by atoms with van der Waals surface area (Å²) in [5.74, 6) is 1.98. The second-order valence-electron chi connectivity index (χ2n) is 5.31. The first-order chi connectivity index (χ1) is 9.63. The molecular formula is C14H25N5S. The van der Waals surface area contributed by atoms with E-state index in [2.05, 4.69) is 52.2 Å². The Morgan fingerprint density at radius 1 is 1.35 bits per heavy atom. The summed E-state index contributed by atoms with van der Waals surface area (Å²) >= 11 is 1.60. The molecule has 112 valence electrons. The molecule has 20 heavy (non-hydrogen) atoms. The Hall–Kier alpha value is -1.01. The first kappa shape index (κ1) is 15.4. The van der Waals surface area contributed by atoms with Crippen LogP contribution < -0.4 is 10.2 Å². The van der Waals surface area contributed by atoms with Crippen LogP contribution in [0.2, 0.25) is 0 Å². The van der Waals surface area contributed by atoms with Gasteiger partial charge in [0.05, 0.1) is 0 Å². The van der Waals surface area contributed by atoms with E-state index in [0.29, 0.717) is 6.04 Å². The predicted molar refractivity (Wildman–Crippen MR) is 86.9 cm³/mol. The Morgan fingerprint density at radius 3 is 2.60 bits per heavy atom. The molecule has 0 aromatic carbocycles. The second-order valence-corrected chi connectivity index (χ2v) is 6.08. The average molecular weight is 295 g/mol. The molecule has 6 heteroatoms. The fourth-order valence-corrected chi connectivity index (χ4v) is 2.92. The highest BCUT2D eigenvalue weighted by molar-refractivity contribution is 7.98. The van der Waals surface area contributed by atoms with Crippen LogP contribution >= 0.6 is 11.8 Å². The number of aromatic nitrogens is 2. The molecule has 1 saturated heterocycles. The van der Waals surface area contributed by atoms with Gasteiger partial charge in [0.25, 0.3) is 0 Å². The van der Waals surface area contributed by atoms with Crippen molar-refractivity contribution < 1.29 is 0 Å². The van der Waals surface area contributed by atoms with Gasteiger partial charge < -0.3 is 15.1 Å². The Labute approximate surface area is 126 Å². The monoisotopic (exact) mass is 295 g/mol. The van der Waals surface area contributed by atoms with Crippen LogP contribution in [-0.2, 0) is 0 Å². The van der Waals surface area contributed by atoms with Gasteiger partial charge in [-0.15, -0.1) is 0 Å². The number of anilines is 2. The number of nitrogens with one attached hydrogen (secondary N) is 1. The fourth-order valence-electron chi connectivity index (χ4n) is 2.55. The summed E-state index contributed by atoms with van der Waals surface area (Å²) < 4.78 is 0. The predicted octanol–water partition coefficient (Wildman–Crippen LogP) is 2.16. The molecule has 1 aromatic heterocycles. The van der Waals surface area contributed by atoms with Crippen molar-refractivity contribution in [3.8, 4) is 0 Å². The third kappa shape index (κ3) is 3.76. The molecule has 2 heterocycles. The average Bonchev–Trinajstić information content (AvgIpc) is 2.47. The lowest BCUT2D eigenvalue weighted by Crippen LogP contribution is -2.42. The number of piperidine rings is 1. The molecule has 1 aliphatic rings. The van der Waals surface area contributed by atoms with Crippen LogP contribution in [0.1, 0.15) is 19.8 Å². The second kappa shape index (κ2) is 7.13. The number of nitrogens with zero attached hydrogens (tertiary/aromatic N) is 4. The van der Waals surface area contributed by atoms with Gasteiger partial charge in [0, 0.05) is 31.7 Å². The Morgan fingerprint density at radius 2 is 2.05 bits per heavy atom. The molecule has 1 aromatic rings. The van der Waals surface area contributed by atoms with Gasteiger partial charge in [-0.1, -0.05) is 11.8 Å². The largest absolute Gasteiger partial charge is 0.370 e. The number of rotatable bonds is 5. The maximum atomic E-state index is 4.65. The minimum Gasteiger partial charge on any atom is -0.370 e. The Balaban J connectivity index is 2.10. The van der Waals surface area contributed by atoms with Gasteiger partial charge in [-0.05, 0) is 40.1 Å². The van der Waals surface area contributed by atoms with Crippen LogP contribution in [0.4, 0.5) is 11.6 Å². The van der Waals surface area contributed by atoms with E-state index >= 15 is 0 Å². The molecule has 0 bridgehead atoms. The van der Waals surface area contributed by atoms with E-state index in [9.17, 15) is 0 Å². The zero-order chi connectivity index (χ0) is 14.5. The molecule has 2 rings (SSSR count). The van der Waals surface area contributed by atoms with Gasteiger partial charge in [-0.25, -0.2) is 9.97 Å². The SMILES string of the molecule is CCNc1cc(N2CCC(N(C)C)CC2)nc(SC)n1. The van der Waals surface area contributed by atoms with Crippen molar-refractivity contribution in [2.45, 2.75) is 31.0 Å². The lowest BCUT2D eigenvalue weighted by Gasteiger charge is -2.36. The number of hydrogen-bond acceptors (Lipinski definition) is 6. The van der Waals surface area contributed by atoms with Gasteiger partial charge >= 0.3 is 0 Å². The summed E-state index contributed by atoms with van der Waals surface area (Å²) in [5.41, 5.74) is 0. The lowest BCUT2D eigenvalue weighted by atomic mass is 10.0. The molecule has 0 spiro atoms. The Bertz CT molecular complexity index is 430. The summed E-state index contributed by atoms with van der Waals surface area (Å²) in [7, 11) is 4.33. The summed E-state index contributed by atoms with van der Waals surface area (Å²) in [6, 6.07) is 2.76. The van der Waals surface area contributed by atoms with Gasteiger partial charge in [-0.2, -0.15) is 0 Å². The standard InChI is InChI=1S/C14H25N5S/c1-5-15-12-10-13(17-14(16-12)20-4)19-8-6-11(7-9-19)18(2)3/h10-11H,5-9H2,1-4H3,(H,15,16,17). The summed E-state index contributed by atoms with van der Waals surface area (Å²) in [5, 5.41) is 4.13. The fraction of sp³-hybridized carbons (Fsp3) is 0.714. The molecule has 1 aliphatic heterocycles. The Kier molecular flexibility index (Phi) is 5.48. The van der Waals surface area contributed by atoms with E-state index < -0.39 is 0 Å². The van der Waals surface area contributed by atoms with E-state index in [1.54, 1.807) is 11.8 Å². The van der Waals surface area contributed by atoms with Crippen molar-refractivity contribution in [2.75, 3.05) is 50.2 Å². The van der Waals surface area contributed by atoms with E-state index in [1.807, 2.05) is 6.26 Å². The van der Waals surface area contributed by atoms with Crippen LogP contribution in [-0.4, -0.2) is 60.9 Å². The van der Waals surface area contributed by atoms with E-state index in [-0.39, 0.29) is 0 Å². The summed E-state index contributed by atoms with van der Waals surface area (Å²) in [4.78, 5) is 13.8. The highest BCUT2D eigenvalue weighted by Crippen LogP contribution is 2.24. The molecule has 1 N–H and O–H groups in total. The van der Waals surface area contributed by atoms with Crippen LogP contribution in [0.3, 0.4) is 0 Å². The van der Waals surface area contributed by atoms with Crippen LogP contribution in [0.15, 0.2) is 11.2 Å². The first-order valence-electron chi connectivity index (χ1n) is 7.22. The molecule has 1 fully saturated rings. The minimum atomic E-state index is 0.696. The molecule has 0 radical (unpaired) electrons. The minimum absolute atomic E-state index is 0.696. The number of thioether (sulfide) groups is 1. The van der Waals surface area contributed by atoms with Gasteiger partial charge in [0.15, 0.2) is 5.16 Å². The highest BCUT2D eigenvalue weighted by Gasteiger charge is 2.22. The van der Waals surface area contributed by atoms with E-state index in [4.69, 9.17) is 0 Å². The van der Waals surface area contributed by atoms with Crippen molar-refractivity contribution in [3.05, 3.63) is 6.07 Å². The lowest BCUT2D eigenvalue weighted by molar-refractivity contribution is 0.249. The maximum Gasteiger partial charge on any atom is 0.191 e. The van der Waals surface area contributed by atoms with Crippen molar-refractivity contribution >= 4 is 23.4 Å². The van der Waals surface area contributed by atoms with Gasteiger partial charge in [-0.3, -0.25) is 0 Å². The molecule has 0 atom stereocenters. The van der Waals surface area contributed by atoms with E-state index in [0.717, 1.165) is 36.4 Å². The quantitative estimate of drug-likeness (QED) is 0.663. The summed E-state index contributed by atoms with van der Waals surface area (Å²) in [6.45, 7) is 5.11. The molecule has 0 saturated carbocycles. The normalized spacial score (nSPS) is 16.8. The third-order valence-corrected chi connectivity index (χ3v) is 4.30. The summed E-state index contributed by atoms with van der Waals surface area (Å²) in [6.07, 6.45) is 4.41. The smallest absolute Gasteiger partial charge is 0.191 e. The van der Waals surface area contributed by atoms with Gasteiger partial charge in [0.1, 0.15) is 11.6 Å². The first-order valence-corrected chi connectivity index (χ1v) is 8.44. The maximum absolute atomic E-state index is 4.65. The number of hydrogen-bond donors (Lipinski definition) is 1. The molecule has 0 aliphatic carbocycles. The molecule has 0 unspecified atom stereocenters. The van der Waals surface area contributed by atoms with E-state index in [1.165, 1.54) is 12.8 Å². The van der Waals surface area contributed by atoms with Crippen LogP contribution in [0.25, 0.3) is 0 Å². The third-order valence-electron chi connectivity index (χ3n) is 3.75. The molecular weight excluding hydrogens is 270 g/mol. The van der Waals surface area contributed by atoms with Crippen molar-refractivity contribution in [1.29, 1.82) is 0 Å². The van der Waals surface area contributed by atoms with Crippen LogP contribution in [0, 0.1) is 0 Å². The zero-order valence-corrected chi connectivity index (χ0v) is 13.7. The molecule has 5 nitrogen and oxygen atoms in total. The van der Waals surface area contributed by atoms with Crippen molar-refractivity contribution in [3.63, 3.8) is 0 Å². The van der Waals surface area contributed by atoms with Crippen molar-refractivity contribution in [1.82, 2.24) is 14.9 Å². The zero-order valence-electron chi connectivity index (χ0n) is 12.9. The molecule has 0 amide bonds. The van der Waals surface area contributed by atoms with Crippen molar-refractivity contribution in [2.24, 2.45) is 0 Å².